The molecule has 2 aromatic rings. The second kappa shape index (κ2) is 14.7. The Bertz CT molecular complexity index is 1300. The second-order valence-electron chi connectivity index (χ2n) is 13.2. The average Bonchev–Trinajstić information content (AvgIpc) is 3.36. The van der Waals surface area contributed by atoms with Gasteiger partial charge in [0.25, 0.3) is 5.91 Å². The van der Waals surface area contributed by atoms with Crippen molar-refractivity contribution in [2.75, 3.05) is 59.7 Å². The number of morpholine rings is 1. The van der Waals surface area contributed by atoms with Crippen LogP contribution in [0.2, 0.25) is 0 Å². The van der Waals surface area contributed by atoms with E-state index < -0.39 is 29.5 Å². The number of rotatable bonds is 10. The van der Waals surface area contributed by atoms with Crippen LogP contribution in [0.4, 0.5) is 9.18 Å². The van der Waals surface area contributed by atoms with Gasteiger partial charge in [-0.25, -0.2) is 14.2 Å². The number of methoxy groups -OCH3 is 1. The van der Waals surface area contributed by atoms with E-state index in [1.165, 1.54) is 6.07 Å². The van der Waals surface area contributed by atoms with Crippen molar-refractivity contribution in [3.63, 3.8) is 0 Å². The predicted molar refractivity (Wildman–Crippen MR) is 164 cm³/mol. The van der Waals surface area contributed by atoms with Gasteiger partial charge in [0.1, 0.15) is 16.9 Å². The topological polar surface area (TPSA) is 106 Å². The van der Waals surface area contributed by atoms with Crippen molar-refractivity contribution in [1.82, 2.24) is 24.3 Å². The molecule has 0 aliphatic carbocycles. The zero-order valence-electron chi connectivity index (χ0n) is 27.0. The fraction of sp³-hybridized carbons (Fsp3) is 0.688. The van der Waals surface area contributed by atoms with Crippen LogP contribution in [0.25, 0.3) is 11.0 Å². The van der Waals surface area contributed by atoms with E-state index in [4.69, 9.17) is 14.2 Å². The van der Waals surface area contributed by atoms with E-state index >= 15 is 4.39 Å². The molecule has 244 valence electrons. The van der Waals surface area contributed by atoms with Gasteiger partial charge < -0.3 is 33.5 Å². The lowest BCUT2D eigenvalue weighted by Gasteiger charge is -2.44. The maximum absolute atomic E-state index is 15.1. The number of benzene rings is 1. The average molecular weight is 618 g/mol. The van der Waals surface area contributed by atoms with E-state index in [1.807, 2.05) is 13.8 Å². The number of likely N-dealkylation sites (tertiary alicyclic amines) is 1. The largest absolute Gasteiger partial charge is 0.444 e. The minimum atomic E-state index is -0.723. The van der Waals surface area contributed by atoms with Gasteiger partial charge in [-0.2, -0.15) is 0 Å². The van der Waals surface area contributed by atoms with E-state index in [0.29, 0.717) is 64.4 Å². The molecule has 0 bridgehead atoms. The molecule has 3 heterocycles. The summed E-state index contributed by atoms with van der Waals surface area (Å²) in [5.74, 6) is -1.15. The van der Waals surface area contributed by atoms with Crippen molar-refractivity contribution in [3.8, 4) is 0 Å². The van der Waals surface area contributed by atoms with Gasteiger partial charge in [0.2, 0.25) is 5.91 Å². The number of hydrogen-bond donors (Lipinski definition) is 0. The normalized spacial score (nSPS) is 19.5. The predicted octanol–water partition coefficient (Wildman–Crippen LogP) is 4.18. The first-order valence-corrected chi connectivity index (χ1v) is 15.7. The van der Waals surface area contributed by atoms with Crippen LogP contribution in [0, 0.1) is 17.7 Å². The first-order chi connectivity index (χ1) is 20.9. The van der Waals surface area contributed by atoms with Crippen molar-refractivity contribution >= 4 is 28.9 Å². The van der Waals surface area contributed by atoms with Crippen molar-refractivity contribution in [1.29, 1.82) is 0 Å². The molecule has 0 N–H and O–H groups in total. The molecule has 1 aromatic heterocycles. The summed E-state index contributed by atoms with van der Waals surface area (Å²) in [6.45, 7) is 13.1. The molecule has 0 radical (unpaired) electrons. The van der Waals surface area contributed by atoms with Crippen molar-refractivity contribution < 1.29 is 33.0 Å². The van der Waals surface area contributed by atoms with E-state index in [-0.39, 0.29) is 42.2 Å². The molecule has 1 aromatic carbocycles. The standard InChI is InChI=1S/C32H48FN5O6/c1-22(2)19-38(30(40)28-34-26-11-9-10-25(33)27(26)37(28)12-7-8-15-42-6)24-18-23(29(39)35-13-16-43-17-14-35)20-36(21-24)31(41)44-32(3,4)5/h9-11,22-24H,7-8,12-21H2,1-6H3/t23-,24+/m1/s1. The van der Waals surface area contributed by atoms with Crippen LogP contribution in [0.3, 0.4) is 0 Å². The molecule has 0 spiro atoms. The van der Waals surface area contributed by atoms with Gasteiger partial charge in [0, 0.05) is 53.0 Å². The summed E-state index contributed by atoms with van der Waals surface area (Å²) in [7, 11) is 1.63. The number of ether oxygens (including phenoxy) is 3. The fourth-order valence-corrected chi connectivity index (χ4v) is 5.95. The van der Waals surface area contributed by atoms with Crippen LogP contribution in [0.15, 0.2) is 18.2 Å². The molecule has 0 unspecified atom stereocenters. The van der Waals surface area contributed by atoms with Crippen LogP contribution < -0.4 is 0 Å². The summed E-state index contributed by atoms with van der Waals surface area (Å²) in [6, 6.07) is 4.18. The first-order valence-electron chi connectivity index (χ1n) is 15.7. The van der Waals surface area contributed by atoms with E-state index in [2.05, 4.69) is 4.98 Å². The van der Waals surface area contributed by atoms with Gasteiger partial charge in [0.05, 0.1) is 30.7 Å². The van der Waals surface area contributed by atoms with Gasteiger partial charge in [-0.1, -0.05) is 19.9 Å². The summed E-state index contributed by atoms with van der Waals surface area (Å²) in [6.07, 6.45) is 1.28. The number of para-hydroxylation sites is 1. The molecule has 2 saturated heterocycles. The van der Waals surface area contributed by atoms with Gasteiger partial charge in [-0.3, -0.25) is 9.59 Å². The third-order valence-electron chi connectivity index (χ3n) is 7.90. The minimum absolute atomic E-state index is 0.0593. The number of piperidine rings is 1. The Hall–Kier alpha value is -3.25. The number of nitrogens with zero attached hydrogens (tertiary/aromatic N) is 5. The zero-order chi connectivity index (χ0) is 32.0. The monoisotopic (exact) mass is 617 g/mol. The highest BCUT2D eigenvalue weighted by molar-refractivity contribution is 5.95. The third kappa shape index (κ3) is 8.26. The van der Waals surface area contributed by atoms with Crippen molar-refractivity contribution in [2.45, 2.75) is 72.1 Å². The molecule has 44 heavy (non-hydrogen) atoms. The maximum Gasteiger partial charge on any atom is 0.410 e. The number of aryl methyl sites for hydroxylation is 1. The molecule has 11 nitrogen and oxygen atoms in total. The van der Waals surface area contributed by atoms with Crippen molar-refractivity contribution in [3.05, 3.63) is 29.8 Å². The van der Waals surface area contributed by atoms with E-state index in [1.54, 1.807) is 59.3 Å². The Balaban J connectivity index is 1.70. The summed E-state index contributed by atoms with van der Waals surface area (Å²) in [5.41, 5.74) is -0.0278. The van der Waals surface area contributed by atoms with Crippen LogP contribution in [0.1, 0.15) is 64.5 Å². The summed E-state index contributed by atoms with van der Waals surface area (Å²) in [5, 5.41) is 0. The highest BCUT2D eigenvalue weighted by atomic mass is 19.1. The molecule has 2 aliphatic rings. The van der Waals surface area contributed by atoms with Gasteiger partial charge >= 0.3 is 6.09 Å². The Morgan fingerprint density at radius 1 is 1.11 bits per heavy atom. The first kappa shape index (κ1) is 33.6. The molecule has 3 amide bonds. The van der Waals surface area contributed by atoms with Gasteiger partial charge in [0.15, 0.2) is 5.82 Å². The van der Waals surface area contributed by atoms with Crippen LogP contribution >= 0.6 is 0 Å². The fourth-order valence-electron chi connectivity index (χ4n) is 5.95. The number of halogens is 1. The quantitative estimate of drug-likeness (QED) is 0.368. The van der Waals surface area contributed by atoms with Crippen LogP contribution in [-0.4, -0.2) is 113 Å². The number of aromatic nitrogens is 2. The minimum Gasteiger partial charge on any atom is -0.444 e. The maximum atomic E-state index is 15.1. The number of unbranched alkanes of at least 4 members (excludes halogenated alkanes) is 1. The van der Waals surface area contributed by atoms with E-state index in [9.17, 15) is 14.4 Å². The Kier molecular flexibility index (Phi) is 11.2. The smallest absolute Gasteiger partial charge is 0.410 e. The molecule has 4 rings (SSSR count). The van der Waals surface area contributed by atoms with Crippen LogP contribution in [-0.2, 0) is 25.5 Å². The summed E-state index contributed by atoms with van der Waals surface area (Å²) in [4.78, 5) is 51.3. The van der Waals surface area contributed by atoms with Crippen LogP contribution in [0.5, 0.6) is 0 Å². The number of carbonyl (C=O) groups excluding carboxylic acids is 3. The molecular weight excluding hydrogens is 569 g/mol. The molecular formula is C32H48FN5O6. The molecule has 12 heteroatoms. The number of fused-ring (bicyclic) bond motifs is 1. The Morgan fingerprint density at radius 3 is 2.50 bits per heavy atom. The summed E-state index contributed by atoms with van der Waals surface area (Å²) >= 11 is 0. The Morgan fingerprint density at radius 2 is 1.84 bits per heavy atom. The van der Waals surface area contributed by atoms with Crippen molar-refractivity contribution in [2.24, 2.45) is 11.8 Å². The lowest BCUT2D eigenvalue weighted by molar-refractivity contribution is -0.142. The number of hydrogen-bond acceptors (Lipinski definition) is 7. The van der Waals surface area contributed by atoms with Gasteiger partial charge in [-0.05, 0) is 58.1 Å². The number of amides is 3. The molecule has 2 atom stereocenters. The number of carbonyl (C=O) groups is 3. The van der Waals surface area contributed by atoms with E-state index in [0.717, 1.165) is 6.42 Å². The second-order valence-corrected chi connectivity index (χ2v) is 13.2. The Labute approximate surface area is 259 Å². The molecule has 0 saturated carbocycles. The lowest BCUT2D eigenvalue weighted by Crippen LogP contribution is -2.58. The summed E-state index contributed by atoms with van der Waals surface area (Å²) < 4.78 is 33.2. The third-order valence-corrected chi connectivity index (χ3v) is 7.90. The highest BCUT2D eigenvalue weighted by Gasteiger charge is 2.42. The zero-order valence-corrected chi connectivity index (χ0v) is 27.0. The highest BCUT2D eigenvalue weighted by Crippen LogP contribution is 2.28. The van der Waals surface area contributed by atoms with Gasteiger partial charge in [-0.15, -0.1) is 0 Å². The lowest BCUT2D eigenvalue weighted by atomic mass is 9.91. The SMILES string of the molecule is COCCCCn1c(C(=O)N(CC(C)C)[C@H]2C[C@@H](C(=O)N3CCOCC3)CN(C(=O)OC(C)(C)C)C2)nc2cccc(F)c21. The molecule has 2 fully saturated rings. The number of imidazole rings is 1. The molecule has 2 aliphatic heterocycles.